The number of nitrogens with one attached hydrogen (secondary N) is 1. The summed E-state index contributed by atoms with van der Waals surface area (Å²) in [5.74, 6) is 0.612. The van der Waals surface area contributed by atoms with E-state index < -0.39 is 0 Å². The molecule has 100 valence electrons. The van der Waals surface area contributed by atoms with E-state index >= 15 is 0 Å². The zero-order valence-electron chi connectivity index (χ0n) is 11.7. The number of hydrogen-bond acceptors (Lipinski definition) is 2. The summed E-state index contributed by atoms with van der Waals surface area (Å²) in [5, 5.41) is 4.44. The van der Waals surface area contributed by atoms with Crippen molar-refractivity contribution >= 4 is 17.3 Å². The lowest BCUT2D eigenvalue weighted by Gasteiger charge is -2.44. The van der Waals surface area contributed by atoms with Crippen LogP contribution in [0.15, 0.2) is 18.2 Å². The molecule has 1 aromatic rings. The smallest absolute Gasteiger partial charge is 0.0642 e. The first-order chi connectivity index (χ1) is 8.50. The second-order valence-corrected chi connectivity index (χ2v) is 6.09. The van der Waals surface area contributed by atoms with Crippen molar-refractivity contribution in [1.29, 1.82) is 0 Å². The van der Waals surface area contributed by atoms with Gasteiger partial charge in [-0.15, -0.1) is 0 Å². The third kappa shape index (κ3) is 2.65. The van der Waals surface area contributed by atoms with Gasteiger partial charge in [-0.25, -0.2) is 0 Å². The van der Waals surface area contributed by atoms with Crippen LogP contribution in [0.2, 0.25) is 5.02 Å². The summed E-state index contributed by atoms with van der Waals surface area (Å²) in [4.78, 5) is 2.49. The maximum absolute atomic E-state index is 6.42. The number of para-hydroxylation sites is 1. The fourth-order valence-electron chi connectivity index (χ4n) is 2.77. The van der Waals surface area contributed by atoms with Gasteiger partial charge in [0.1, 0.15) is 0 Å². The highest BCUT2D eigenvalue weighted by Gasteiger charge is 2.30. The highest BCUT2D eigenvalue weighted by Crippen LogP contribution is 2.33. The number of benzene rings is 1. The van der Waals surface area contributed by atoms with Crippen LogP contribution in [0.3, 0.4) is 0 Å². The molecule has 3 heteroatoms. The van der Waals surface area contributed by atoms with Crippen LogP contribution in [-0.2, 0) is 0 Å². The number of halogens is 1. The summed E-state index contributed by atoms with van der Waals surface area (Å²) in [7, 11) is 0. The molecular formula is C15H23ClN2. The third-order valence-corrected chi connectivity index (χ3v) is 4.10. The van der Waals surface area contributed by atoms with Gasteiger partial charge in [-0.3, -0.25) is 0 Å². The van der Waals surface area contributed by atoms with E-state index in [0.717, 1.165) is 18.1 Å². The molecule has 0 aromatic heterocycles. The Balaban J connectivity index is 2.38. The van der Waals surface area contributed by atoms with E-state index in [4.69, 9.17) is 11.6 Å². The molecule has 1 aromatic carbocycles. The molecule has 1 aliphatic rings. The molecule has 0 radical (unpaired) electrons. The minimum absolute atomic E-state index is 0.510. The molecule has 2 rings (SSSR count). The van der Waals surface area contributed by atoms with Crippen LogP contribution in [0.1, 0.15) is 26.3 Å². The molecule has 1 aliphatic heterocycles. The minimum atomic E-state index is 0.510. The van der Waals surface area contributed by atoms with E-state index in [1.165, 1.54) is 11.3 Å². The first-order valence-corrected chi connectivity index (χ1v) is 7.13. The zero-order valence-corrected chi connectivity index (χ0v) is 12.5. The number of hydrogen-bond donors (Lipinski definition) is 1. The second-order valence-electron chi connectivity index (χ2n) is 5.68. The SMILES string of the molecule is Cc1cccc(Cl)c1N1CC(C)NCC1C(C)C. The molecule has 0 amide bonds. The van der Waals surface area contributed by atoms with Gasteiger partial charge in [0.15, 0.2) is 0 Å². The van der Waals surface area contributed by atoms with E-state index in [1.807, 2.05) is 12.1 Å². The lowest BCUT2D eigenvalue weighted by atomic mass is 9.97. The van der Waals surface area contributed by atoms with Crippen LogP contribution in [0.4, 0.5) is 5.69 Å². The lowest BCUT2D eigenvalue weighted by Crippen LogP contribution is -2.57. The van der Waals surface area contributed by atoms with E-state index in [2.05, 4.69) is 44.0 Å². The van der Waals surface area contributed by atoms with Crippen LogP contribution in [0.5, 0.6) is 0 Å². The van der Waals surface area contributed by atoms with E-state index in [0.29, 0.717) is 18.0 Å². The van der Waals surface area contributed by atoms with Gasteiger partial charge in [-0.05, 0) is 31.4 Å². The number of rotatable bonds is 2. The summed E-state index contributed by atoms with van der Waals surface area (Å²) in [5.41, 5.74) is 2.48. The van der Waals surface area contributed by atoms with Crippen LogP contribution < -0.4 is 10.2 Å². The summed E-state index contributed by atoms with van der Waals surface area (Å²) in [6, 6.07) is 7.19. The van der Waals surface area contributed by atoms with Gasteiger partial charge in [0.2, 0.25) is 0 Å². The Morgan fingerprint density at radius 3 is 2.72 bits per heavy atom. The predicted octanol–water partition coefficient (Wildman–Crippen LogP) is 3.47. The topological polar surface area (TPSA) is 15.3 Å². The summed E-state index contributed by atoms with van der Waals surface area (Å²) in [6.45, 7) is 11.0. The van der Waals surface area contributed by atoms with Gasteiger partial charge in [-0.2, -0.15) is 0 Å². The predicted molar refractivity (Wildman–Crippen MR) is 79.6 cm³/mol. The van der Waals surface area contributed by atoms with Crippen molar-refractivity contribution in [3.63, 3.8) is 0 Å². The molecule has 18 heavy (non-hydrogen) atoms. The number of aryl methyl sites for hydroxylation is 1. The average Bonchev–Trinajstić information content (AvgIpc) is 2.28. The molecule has 0 bridgehead atoms. The number of nitrogens with zero attached hydrogens (tertiary/aromatic N) is 1. The minimum Gasteiger partial charge on any atom is -0.364 e. The summed E-state index contributed by atoms with van der Waals surface area (Å²) >= 11 is 6.42. The quantitative estimate of drug-likeness (QED) is 0.882. The largest absolute Gasteiger partial charge is 0.364 e. The van der Waals surface area contributed by atoms with E-state index in [9.17, 15) is 0 Å². The van der Waals surface area contributed by atoms with Gasteiger partial charge in [0, 0.05) is 25.2 Å². The van der Waals surface area contributed by atoms with Crippen molar-refractivity contribution in [2.45, 2.75) is 39.8 Å². The van der Waals surface area contributed by atoms with Crippen LogP contribution in [-0.4, -0.2) is 25.2 Å². The molecule has 1 fully saturated rings. The lowest BCUT2D eigenvalue weighted by molar-refractivity contribution is 0.349. The van der Waals surface area contributed by atoms with Gasteiger partial charge >= 0.3 is 0 Å². The Labute approximate surface area is 115 Å². The highest BCUT2D eigenvalue weighted by molar-refractivity contribution is 6.33. The molecular weight excluding hydrogens is 244 g/mol. The van der Waals surface area contributed by atoms with Crippen molar-refractivity contribution < 1.29 is 0 Å². The first-order valence-electron chi connectivity index (χ1n) is 6.76. The summed E-state index contributed by atoms with van der Waals surface area (Å²) in [6.07, 6.45) is 0. The molecule has 2 unspecified atom stereocenters. The Morgan fingerprint density at radius 1 is 1.39 bits per heavy atom. The van der Waals surface area contributed by atoms with Crippen molar-refractivity contribution in [3.05, 3.63) is 28.8 Å². The Kier molecular flexibility index (Phi) is 4.18. The summed E-state index contributed by atoms with van der Waals surface area (Å²) < 4.78 is 0. The van der Waals surface area contributed by atoms with E-state index in [-0.39, 0.29) is 0 Å². The third-order valence-electron chi connectivity index (χ3n) is 3.79. The Morgan fingerprint density at radius 2 is 2.11 bits per heavy atom. The van der Waals surface area contributed by atoms with Crippen molar-refractivity contribution in [1.82, 2.24) is 5.32 Å². The molecule has 0 saturated carbocycles. The Bertz CT molecular complexity index is 397. The molecule has 0 spiro atoms. The van der Waals surface area contributed by atoms with Gasteiger partial charge in [-0.1, -0.05) is 37.6 Å². The zero-order chi connectivity index (χ0) is 13.3. The monoisotopic (exact) mass is 266 g/mol. The standard InChI is InChI=1S/C15H23ClN2/c1-10(2)14-8-17-12(4)9-18(14)15-11(3)6-5-7-13(15)16/h5-7,10,12,14,17H,8-9H2,1-4H3. The van der Waals surface area contributed by atoms with Gasteiger partial charge < -0.3 is 10.2 Å². The van der Waals surface area contributed by atoms with Crippen molar-refractivity contribution in [2.75, 3.05) is 18.0 Å². The molecule has 2 nitrogen and oxygen atoms in total. The molecule has 1 heterocycles. The van der Waals surface area contributed by atoms with Crippen molar-refractivity contribution in [3.8, 4) is 0 Å². The maximum atomic E-state index is 6.42. The number of anilines is 1. The number of piperazine rings is 1. The van der Waals surface area contributed by atoms with E-state index in [1.54, 1.807) is 0 Å². The fraction of sp³-hybridized carbons (Fsp3) is 0.600. The average molecular weight is 267 g/mol. The molecule has 1 N–H and O–H groups in total. The van der Waals surface area contributed by atoms with Crippen LogP contribution in [0.25, 0.3) is 0 Å². The van der Waals surface area contributed by atoms with Crippen LogP contribution in [0, 0.1) is 12.8 Å². The normalized spacial score (nSPS) is 24.7. The van der Waals surface area contributed by atoms with Gasteiger partial charge in [0.25, 0.3) is 0 Å². The fourth-order valence-corrected chi connectivity index (χ4v) is 3.10. The molecule has 0 aliphatic carbocycles. The molecule has 2 atom stereocenters. The maximum Gasteiger partial charge on any atom is 0.0642 e. The highest BCUT2D eigenvalue weighted by atomic mass is 35.5. The first kappa shape index (κ1) is 13.7. The van der Waals surface area contributed by atoms with Crippen molar-refractivity contribution in [2.24, 2.45) is 5.92 Å². The second kappa shape index (κ2) is 5.50. The molecule has 1 saturated heterocycles. The van der Waals surface area contributed by atoms with Crippen LogP contribution >= 0.6 is 11.6 Å². The van der Waals surface area contributed by atoms with Gasteiger partial charge in [0.05, 0.1) is 10.7 Å². The Hall–Kier alpha value is -0.730.